The van der Waals surface area contributed by atoms with Crippen molar-refractivity contribution in [3.63, 3.8) is 0 Å². The van der Waals surface area contributed by atoms with Gasteiger partial charge >= 0.3 is 6.03 Å². The predicted octanol–water partition coefficient (Wildman–Crippen LogP) is 2.55. The maximum atomic E-state index is 11.8. The van der Waals surface area contributed by atoms with Crippen molar-refractivity contribution in [1.82, 2.24) is 20.4 Å². The van der Waals surface area contributed by atoms with Crippen LogP contribution in [0.15, 0.2) is 18.2 Å². The Morgan fingerprint density at radius 2 is 2.03 bits per heavy atom. The Bertz CT molecular complexity index is 1000. The first-order chi connectivity index (χ1) is 15.9. The summed E-state index contributed by atoms with van der Waals surface area (Å²) < 4.78 is 1.82. The number of carbonyl (C=O) groups is 2. The van der Waals surface area contributed by atoms with Gasteiger partial charge in [-0.05, 0) is 88.1 Å². The number of nitrogens with zero attached hydrogens (tertiary/aromatic N) is 2. The molecule has 9 heteroatoms. The Morgan fingerprint density at radius 3 is 2.70 bits per heavy atom. The van der Waals surface area contributed by atoms with Gasteiger partial charge in [0.15, 0.2) is 5.69 Å². The number of hydrogen-bond donors (Lipinski definition) is 5. The molecule has 1 saturated heterocycles. The molecule has 2 aliphatic carbocycles. The van der Waals surface area contributed by atoms with Gasteiger partial charge < -0.3 is 27.4 Å². The van der Waals surface area contributed by atoms with Crippen LogP contribution in [0, 0.1) is 11.8 Å². The SMILES string of the molecule is CCCNC(=O)Nc1ccc2c(C(N)=O)nn(CC3CC3)c2c1.NC12CCNCCC1CC2. The molecular weight excluding hydrogens is 418 g/mol. The average molecular weight is 456 g/mol. The summed E-state index contributed by atoms with van der Waals surface area (Å²) in [6, 6.07) is 5.13. The van der Waals surface area contributed by atoms with E-state index in [2.05, 4.69) is 21.0 Å². The van der Waals surface area contributed by atoms with Gasteiger partial charge in [0.2, 0.25) is 0 Å². The van der Waals surface area contributed by atoms with Gasteiger partial charge in [0.1, 0.15) is 0 Å². The summed E-state index contributed by atoms with van der Waals surface area (Å²) in [7, 11) is 0. The summed E-state index contributed by atoms with van der Waals surface area (Å²) in [4.78, 5) is 23.4. The second-order valence-electron chi connectivity index (χ2n) is 9.71. The van der Waals surface area contributed by atoms with Gasteiger partial charge in [0.25, 0.3) is 5.91 Å². The Balaban J connectivity index is 0.000000214. The maximum Gasteiger partial charge on any atom is 0.319 e. The lowest BCUT2D eigenvalue weighted by molar-refractivity contribution is 0.0996. The van der Waals surface area contributed by atoms with E-state index in [0.29, 0.717) is 18.2 Å². The van der Waals surface area contributed by atoms with Crippen LogP contribution >= 0.6 is 0 Å². The van der Waals surface area contributed by atoms with Gasteiger partial charge in [-0.2, -0.15) is 5.10 Å². The van der Waals surface area contributed by atoms with Crippen molar-refractivity contribution in [2.75, 3.05) is 25.0 Å². The van der Waals surface area contributed by atoms with Crippen molar-refractivity contribution in [2.24, 2.45) is 23.3 Å². The van der Waals surface area contributed by atoms with Gasteiger partial charge in [-0.15, -0.1) is 0 Å². The van der Waals surface area contributed by atoms with Gasteiger partial charge in [-0.3, -0.25) is 9.48 Å². The number of fused-ring (bicyclic) bond motifs is 2. The fourth-order valence-corrected chi connectivity index (χ4v) is 4.73. The monoisotopic (exact) mass is 455 g/mol. The van der Waals surface area contributed by atoms with E-state index in [1.165, 1.54) is 45.1 Å². The second-order valence-corrected chi connectivity index (χ2v) is 9.71. The molecule has 3 aliphatic rings. The van der Waals surface area contributed by atoms with E-state index in [0.717, 1.165) is 36.3 Å². The zero-order valence-corrected chi connectivity index (χ0v) is 19.5. The zero-order chi connectivity index (χ0) is 23.4. The summed E-state index contributed by atoms with van der Waals surface area (Å²) >= 11 is 0. The van der Waals surface area contributed by atoms with Crippen LogP contribution in [-0.4, -0.2) is 46.9 Å². The highest BCUT2D eigenvalue weighted by Crippen LogP contribution is 2.41. The van der Waals surface area contributed by atoms with Crippen molar-refractivity contribution in [2.45, 2.75) is 64.0 Å². The van der Waals surface area contributed by atoms with Crippen molar-refractivity contribution < 1.29 is 9.59 Å². The van der Waals surface area contributed by atoms with E-state index in [4.69, 9.17) is 11.5 Å². The average Bonchev–Trinajstić information content (AvgIpc) is 3.55. The summed E-state index contributed by atoms with van der Waals surface area (Å²) in [5, 5.41) is 14.0. The number of nitrogens with one attached hydrogen (secondary N) is 3. The van der Waals surface area contributed by atoms with Crippen LogP contribution in [0.25, 0.3) is 10.9 Å². The lowest BCUT2D eigenvalue weighted by Gasteiger charge is -2.45. The molecule has 180 valence electrons. The zero-order valence-electron chi connectivity index (χ0n) is 19.5. The van der Waals surface area contributed by atoms with Crippen LogP contribution in [0.4, 0.5) is 10.5 Å². The minimum atomic E-state index is -0.536. The molecule has 1 aromatic carbocycles. The van der Waals surface area contributed by atoms with E-state index in [-0.39, 0.29) is 17.3 Å². The van der Waals surface area contributed by atoms with Crippen LogP contribution in [0.5, 0.6) is 0 Å². The molecule has 2 atom stereocenters. The molecular formula is C24H37N7O2. The summed E-state index contributed by atoms with van der Waals surface area (Å²) in [5.41, 5.74) is 13.6. The molecule has 1 aliphatic heterocycles. The topological polar surface area (TPSA) is 140 Å². The first kappa shape index (κ1) is 23.5. The first-order valence-electron chi connectivity index (χ1n) is 12.2. The number of hydrogen-bond acceptors (Lipinski definition) is 5. The lowest BCUT2D eigenvalue weighted by atomic mass is 9.65. The maximum absolute atomic E-state index is 11.8. The standard InChI is InChI=1S/C16H21N5O2.C8H16N2/c1-2-7-18-16(23)19-11-5-6-12-13(8-11)21(9-10-3-4-10)20-14(12)15(17)22;9-8-3-1-7(8)2-5-10-6-4-8/h5-6,8,10H,2-4,7,9H2,1H3,(H2,17,22)(H2,18,19,23);7,10H,1-6,9H2. The van der Waals surface area contributed by atoms with Gasteiger partial charge in [-0.25, -0.2) is 4.79 Å². The summed E-state index contributed by atoms with van der Waals surface area (Å²) in [6.45, 7) is 5.71. The fraction of sp³-hybridized carbons (Fsp3) is 0.625. The van der Waals surface area contributed by atoms with E-state index >= 15 is 0 Å². The number of amides is 3. The molecule has 1 aromatic heterocycles. The third-order valence-corrected chi connectivity index (χ3v) is 7.11. The van der Waals surface area contributed by atoms with E-state index in [9.17, 15) is 9.59 Å². The molecule has 3 amide bonds. The highest BCUT2D eigenvalue weighted by Gasteiger charge is 2.43. The molecule has 2 unspecified atom stereocenters. The van der Waals surface area contributed by atoms with Crippen molar-refractivity contribution in [1.29, 1.82) is 0 Å². The Morgan fingerprint density at radius 1 is 1.21 bits per heavy atom. The smallest absolute Gasteiger partial charge is 0.319 e. The molecule has 2 heterocycles. The van der Waals surface area contributed by atoms with Crippen LogP contribution < -0.4 is 27.4 Å². The second kappa shape index (κ2) is 10.1. The first-order valence-corrected chi connectivity index (χ1v) is 12.2. The summed E-state index contributed by atoms with van der Waals surface area (Å²) in [6.07, 6.45) is 8.38. The molecule has 9 nitrogen and oxygen atoms in total. The highest BCUT2D eigenvalue weighted by atomic mass is 16.2. The fourth-order valence-electron chi connectivity index (χ4n) is 4.73. The number of primary amides is 1. The Hall–Kier alpha value is -2.65. The number of anilines is 1. The molecule has 0 bridgehead atoms. The molecule has 0 spiro atoms. The van der Waals surface area contributed by atoms with E-state index in [1.807, 2.05) is 17.7 Å². The molecule has 33 heavy (non-hydrogen) atoms. The Kier molecular flexibility index (Phi) is 7.19. The number of benzene rings is 1. The number of aromatic nitrogens is 2. The van der Waals surface area contributed by atoms with Gasteiger partial charge in [0, 0.05) is 29.7 Å². The normalized spacial score (nSPS) is 24.0. The van der Waals surface area contributed by atoms with Crippen LogP contribution in [0.2, 0.25) is 0 Å². The van der Waals surface area contributed by atoms with Crippen LogP contribution in [0.1, 0.15) is 62.4 Å². The van der Waals surface area contributed by atoms with Gasteiger partial charge in [0.05, 0.1) is 5.52 Å². The largest absolute Gasteiger partial charge is 0.364 e. The lowest BCUT2D eigenvalue weighted by Crippen LogP contribution is -2.54. The van der Waals surface area contributed by atoms with E-state index in [1.54, 1.807) is 12.1 Å². The number of nitrogens with two attached hydrogens (primary N) is 2. The molecule has 7 N–H and O–H groups in total. The van der Waals surface area contributed by atoms with Crippen LogP contribution in [-0.2, 0) is 6.54 Å². The van der Waals surface area contributed by atoms with Gasteiger partial charge in [-0.1, -0.05) is 6.92 Å². The molecule has 2 aromatic rings. The van der Waals surface area contributed by atoms with Crippen molar-refractivity contribution in [3.8, 4) is 0 Å². The summed E-state index contributed by atoms with van der Waals surface area (Å²) in [5.74, 6) is 0.914. The minimum absolute atomic E-state index is 0.240. The number of urea groups is 1. The van der Waals surface area contributed by atoms with Crippen molar-refractivity contribution in [3.05, 3.63) is 23.9 Å². The Labute approximate surface area is 195 Å². The highest BCUT2D eigenvalue weighted by molar-refractivity contribution is 6.05. The number of rotatable bonds is 6. The molecule has 5 rings (SSSR count). The van der Waals surface area contributed by atoms with Crippen LogP contribution in [0.3, 0.4) is 0 Å². The minimum Gasteiger partial charge on any atom is -0.364 e. The van der Waals surface area contributed by atoms with E-state index < -0.39 is 5.91 Å². The molecule has 3 fully saturated rings. The predicted molar refractivity (Wildman–Crippen MR) is 130 cm³/mol. The number of carbonyl (C=O) groups excluding carboxylic acids is 2. The quantitative estimate of drug-likeness (QED) is 0.455. The third-order valence-electron chi connectivity index (χ3n) is 7.11. The van der Waals surface area contributed by atoms with Crippen molar-refractivity contribution >= 4 is 28.5 Å². The molecule has 0 radical (unpaired) electrons. The molecule has 2 saturated carbocycles. The third kappa shape index (κ3) is 5.65.